The number of aromatic hydroxyl groups is 3. The monoisotopic (exact) mass is 676 g/mol. The van der Waals surface area contributed by atoms with E-state index in [1.54, 1.807) is 36.4 Å². The van der Waals surface area contributed by atoms with E-state index in [1.165, 1.54) is 82.0 Å². The van der Waals surface area contributed by atoms with Gasteiger partial charge in [-0.1, -0.05) is 24.3 Å². The Balaban J connectivity index is 1.49. The van der Waals surface area contributed by atoms with Gasteiger partial charge in [-0.15, -0.1) is 0 Å². The van der Waals surface area contributed by atoms with Crippen LogP contribution in [0.1, 0.15) is 31.1 Å². The van der Waals surface area contributed by atoms with Crippen LogP contribution in [-0.4, -0.2) is 54.6 Å². The van der Waals surface area contributed by atoms with Gasteiger partial charge in [0, 0.05) is 10.8 Å². The normalized spacial score (nSPS) is 10.8. The quantitative estimate of drug-likeness (QED) is 0.0834. The second-order valence-electron chi connectivity index (χ2n) is 10.7. The van der Waals surface area contributed by atoms with Crippen molar-refractivity contribution in [3.05, 3.63) is 114 Å². The van der Waals surface area contributed by atoms with Crippen molar-refractivity contribution in [2.75, 3.05) is 21.3 Å². The van der Waals surface area contributed by atoms with E-state index >= 15 is 0 Å². The Kier molecular flexibility index (Phi) is 9.00. The number of carbonyl (C=O) groups excluding carboxylic acids is 3. The smallest absolute Gasteiger partial charge is 0.343 e. The van der Waals surface area contributed by atoms with Crippen molar-refractivity contribution in [1.29, 1.82) is 0 Å². The van der Waals surface area contributed by atoms with Gasteiger partial charge in [-0.2, -0.15) is 0 Å². The number of carbonyl (C=O) groups is 3. The van der Waals surface area contributed by atoms with Gasteiger partial charge in [0.2, 0.25) is 0 Å². The Labute approximate surface area is 284 Å². The van der Waals surface area contributed by atoms with Gasteiger partial charge in [-0.25, -0.2) is 14.4 Å². The first-order valence-corrected chi connectivity index (χ1v) is 14.9. The van der Waals surface area contributed by atoms with Crippen molar-refractivity contribution in [3.8, 4) is 51.7 Å². The minimum absolute atomic E-state index is 0.0227. The number of methoxy groups -OCH3 is 3. The van der Waals surface area contributed by atoms with E-state index in [0.29, 0.717) is 16.2 Å². The van der Waals surface area contributed by atoms with Gasteiger partial charge < -0.3 is 43.7 Å². The van der Waals surface area contributed by atoms with E-state index in [1.807, 2.05) is 0 Å². The van der Waals surface area contributed by atoms with E-state index in [2.05, 4.69) is 0 Å². The summed E-state index contributed by atoms with van der Waals surface area (Å²) < 4.78 is 33.0. The summed E-state index contributed by atoms with van der Waals surface area (Å²) in [6.45, 7) is 0. The van der Waals surface area contributed by atoms with Gasteiger partial charge in [0.05, 0.1) is 43.4 Å². The van der Waals surface area contributed by atoms with Crippen LogP contribution in [-0.2, 0) is 0 Å². The molecule has 0 bridgehead atoms. The molecule has 0 atom stereocenters. The number of ether oxygens (including phenoxy) is 6. The topological polar surface area (TPSA) is 167 Å². The van der Waals surface area contributed by atoms with Crippen LogP contribution in [0.5, 0.6) is 51.7 Å². The maximum absolute atomic E-state index is 13.7. The first-order valence-electron chi connectivity index (χ1n) is 14.9. The average Bonchev–Trinajstić information content (AvgIpc) is 3.12. The third kappa shape index (κ3) is 6.32. The van der Waals surface area contributed by atoms with Crippen molar-refractivity contribution in [1.82, 2.24) is 0 Å². The molecule has 6 aromatic carbocycles. The van der Waals surface area contributed by atoms with Gasteiger partial charge in [0.15, 0.2) is 40.2 Å². The molecular weight excluding hydrogens is 648 g/mol. The van der Waals surface area contributed by atoms with Crippen LogP contribution < -0.4 is 28.4 Å². The molecule has 252 valence electrons. The van der Waals surface area contributed by atoms with E-state index in [9.17, 15) is 29.7 Å². The van der Waals surface area contributed by atoms with Crippen molar-refractivity contribution in [2.45, 2.75) is 0 Å². The van der Waals surface area contributed by atoms with E-state index in [-0.39, 0.29) is 73.8 Å². The Morgan fingerprint density at radius 3 is 1.40 bits per heavy atom. The molecule has 0 aliphatic rings. The third-order valence-corrected chi connectivity index (χ3v) is 7.74. The Morgan fingerprint density at radius 2 is 0.900 bits per heavy atom. The van der Waals surface area contributed by atoms with Crippen LogP contribution in [0.2, 0.25) is 0 Å². The van der Waals surface area contributed by atoms with Crippen LogP contribution in [0, 0.1) is 0 Å². The van der Waals surface area contributed by atoms with Crippen molar-refractivity contribution in [2.24, 2.45) is 0 Å². The fourth-order valence-corrected chi connectivity index (χ4v) is 5.26. The van der Waals surface area contributed by atoms with Crippen molar-refractivity contribution < 1.29 is 58.1 Å². The number of hydrogen-bond donors (Lipinski definition) is 3. The second-order valence-corrected chi connectivity index (χ2v) is 10.7. The summed E-state index contributed by atoms with van der Waals surface area (Å²) in [6.07, 6.45) is 0. The number of phenols is 3. The van der Waals surface area contributed by atoms with E-state index < -0.39 is 17.9 Å². The van der Waals surface area contributed by atoms with Gasteiger partial charge in [-0.3, -0.25) is 0 Å². The molecule has 0 amide bonds. The van der Waals surface area contributed by atoms with Crippen molar-refractivity contribution in [3.63, 3.8) is 0 Å². The minimum Gasteiger partial charge on any atom is -0.504 e. The highest BCUT2D eigenvalue weighted by Crippen LogP contribution is 2.44. The molecule has 6 aromatic rings. The lowest BCUT2D eigenvalue weighted by molar-refractivity contribution is 0.0723. The maximum Gasteiger partial charge on any atom is 0.343 e. The number of fused-ring (bicyclic) bond motifs is 2. The molecule has 0 saturated heterocycles. The summed E-state index contributed by atoms with van der Waals surface area (Å²) in [5.74, 6) is -2.56. The molecule has 0 aliphatic heterocycles. The molecular formula is C38H28O12. The second kappa shape index (κ2) is 13.6. The first-order chi connectivity index (χ1) is 24.1. The van der Waals surface area contributed by atoms with Gasteiger partial charge in [0.1, 0.15) is 11.5 Å². The lowest BCUT2D eigenvalue weighted by atomic mass is 10.0. The lowest BCUT2D eigenvalue weighted by Gasteiger charge is -2.17. The molecule has 0 unspecified atom stereocenters. The molecule has 0 fully saturated rings. The fraction of sp³-hybridized carbons (Fsp3) is 0.0789. The molecule has 0 saturated carbocycles. The minimum atomic E-state index is -0.833. The summed E-state index contributed by atoms with van der Waals surface area (Å²) in [6, 6.07) is 23.3. The molecule has 50 heavy (non-hydrogen) atoms. The van der Waals surface area contributed by atoms with Crippen LogP contribution in [0.25, 0.3) is 21.5 Å². The number of esters is 3. The molecule has 3 N–H and O–H groups in total. The van der Waals surface area contributed by atoms with Gasteiger partial charge in [-0.05, 0) is 78.2 Å². The SMILES string of the molecule is COc1cc(C(=O)Oc2cccc3c(OC(=O)c4ccc(O)c(OC)c4)c4c(OC(=O)c5ccc(O)c(OC)c5)cccc4cc23)ccc1O. The Bertz CT molecular complexity index is 2310. The Morgan fingerprint density at radius 1 is 0.460 bits per heavy atom. The Hall–Kier alpha value is -6.95. The number of hydrogen-bond acceptors (Lipinski definition) is 12. The number of phenolic OH excluding ortho intramolecular Hbond substituents is 3. The summed E-state index contributed by atoms with van der Waals surface area (Å²) >= 11 is 0. The molecule has 0 spiro atoms. The molecule has 0 aliphatic carbocycles. The summed E-state index contributed by atoms with van der Waals surface area (Å²) in [5.41, 5.74) is 0.219. The van der Waals surface area contributed by atoms with Gasteiger partial charge in [0.25, 0.3) is 0 Å². The zero-order chi connectivity index (χ0) is 35.5. The molecule has 0 aromatic heterocycles. The molecule has 12 nitrogen and oxygen atoms in total. The predicted octanol–water partition coefficient (Wildman–Crippen LogP) is 6.79. The summed E-state index contributed by atoms with van der Waals surface area (Å²) in [4.78, 5) is 40.3. The molecule has 12 heteroatoms. The van der Waals surface area contributed by atoms with Gasteiger partial charge >= 0.3 is 17.9 Å². The molecule has 0 heterocycles. The zero-order valence-electron chi connectivity index (χ0n) is 26.8. The highest BCUT2D eigenvalue weighted by atomic mass is 16.6. The number of rotatable bonds is 9. The highest BCUT2D eigenvalue weighted by Gasteiger charge is 2.23. The summed E-state index contributed by atoms with van der Waals surface area (Å²) in [5, 5.41) is 31.4. The first kappa shape index (κ1) is 33.0. The van der Waals surface area contributed by atoms with Crippen LogP contribution in [0.4, 0.5) is 0 Å². The van der Waals surface area contributed by atoms with Crippen LogP contribution in [0.15, 0.2) is 97.1 Å². The van der Waals surface area contributed by atoms with Crippen molar-refractivity contribution >= 4 is 39.5 Å². The zero-order valence-corrected chi connectivity index (χ0v) is 26.8. The standard InChI is InChI=1S/C38H28O12/c1-45-31-17-21(10-13-26(31)39)36(42)48-29-8-5-7-24-25(29)16-20-6-4-9-30(49-37(43)22-11-14-27(40)32(18-22)46-2)34(20)35(24)50-38(44)23-12-15-28(41)33(19-23)47-3/h4-19,39-41H,1-3H3. The number of benzene rings is 6. The molecule has 6 rings (SSSR count). The summed E-state index contributed by atoms with van der Waals surface area (Å²) in [7, 11) is 4.03. The third-order valence-electron chi connectivity index (χ3n) is 7.74. The predicted molar refractivity (Wildman–Crippen MR) is 180 cm³/mol. The van der Waals surface area contributed by atoms with E-state index in [4.69, 9.17) is 28.4 Å². The fourth-order valence-electron chi connectivity index (χ4n) is 5.26. The van der Waals surface area contributed by atoms with Crippen LogP contribution in [0.3, 0.4) is 0 Å². The molecule has 0 radical (unpaired) electrons. The lowest BCUT2D eigenvalue weighted by Crippen LogP contribution is -2.12. The van der Waals surface area contributed by atoms with E-state index in [0.717, 1.165) is 0 Å². The maximum atomic E-state index is 13.7. The van der Waals surface area contributed by atoms with Crippen LogP contribution >= 0.6 is 0 Å². The largest absolute Gasteiger partial charge is 0.504 e. The average molecular weight is 677 g/mol. The highest BCUT2D eigenvalue weighted by molar-refractivity contribution is 6.12.